The van der Waals surface area contributed by atoms with Gasteiger partial charge in [0.15, 0.2) is 0 Å². The maximum atomic E-state index is 11.8. The van der Waals surface area contributed by atoms with Gasteiger partial charge in [-0.15, -0.1) is 0 Å². The molecule has 100 valence electrons. The molecule has 0 radical (unpaired) electrons. The van der Waals surface area contributed by atoms with Crippen molar-refractivity contribution in [3.63, 3.8) is 0 Å². The highest BCUT2D eigenvalue weighted by Crippen LogP contribution is 2.18. The van der Waals surface area contributed by atoms with Crippen molar-refractivity contribution in [2.24, 2.45) is 0 Å². The molecule has 0 rings (SSSR count). The monoisotopic (exact) mass is 248 g/mol. The van der Waals surface area contributed by atoms with Crippen LogP contribution in [0.3, 0.4) is 0 Å². The predicted octanol–water partition coefficient (Wildman–Crippen LogP) is 0.146. The van der Waals surface area contributed by atoms with Crippen LogP contribution in [-0.2, 0) is 9.63 Å². The lowest BCUT2D eigenvalue weighted by molar-refractivity contribution is -0.177. The number of hydroxylamine groups is 2. The van der Waals surface area contributed by atoms with Crippen molar-refractivity contribution >= 4 is 12.0 Å². The molecule has 7 heteroatoms. The van der Waals surface area contributed by atoms with Crippen molar-refractivity contribution in [3.05, 3.63) is 0 Å². The number of hydrogen-bond donors (Lipinski definition) is 2. The number of aliphatic hydroxyl groups is 1. The third-order valence-electron chi connectivity index (χ3n) is 2.28. The van der Waals surface area contributed by atoms with Crippen LogP contribution in [0.5, 0.6) is 0 Å². The van der Waals surface area contributed by atoms with Crippen molar-refractivity contribution in [1.29, 1.82) is 0 Å². The highest BCUT2D eigenvalue weighted by atomic mass is 16.7. The van der Waals surface area contributed by atoms with Crippen LogP contribution >= 0.6 is 0 Å². The minimum absolute atomic E-state index is 0.601. The Labute approximate surface area is 101 Å². The molecule has 0 bridgehead atoms. The number of likely N-dealkylation sites (N-methyl/N-ethyl adjacent to an activating group) is 1. The minimum atomic E-state index is -1.27. The fourth-order valence-corrected chi connectivity index (χ4v) is 1.46. The summed E-state index contributed by atoms with van der Waals surface area (Å²) in [5, 5.41) is 19.2. The molecule has 0 aliphatic rings. The molecule has 2 N–H and O–H groups in total. The number of carbonyl (C=O) groups excluding carboxylic acids is 1. The van der Waals surface area contributed by atoms with Crippen molar-refractivity contribution in [2.75, 3.05) is 20.8 Å². The summed E-state index contributed by atoms with van der Waals surface area (Å²) in [5.41, 5.74) is -0.802. The summed E-state index contributed by atoms with van der Waals surface area (Å²) in [6, 6.07) is -1.18. The van der Waals surface area contributed by atoms with Gasteiger partial charge in [0.2, 0.25) is 0 Å². The Balaban J connectivity index is 5.19. The molecule has 0 aromatic rings. The van der Waals surface area contributed by atoms with E-state index >= 15 is 0 Å². The van der Waals surface area contributed by atoms with Crippen molar-refractivity contribution in [3.8, 4) is 0 Å². The van der Waals surface area contributed by atoms with Gasteiger partial charge in [-0.25, -0.2) is 9.86 Å². The van der Waals surface area contributed by atoms with E-state index in [2.05, 4.69) is 0 Å². The molecule has 0 aromatic carbocycles. The number of amides is 2. The van der Waals surface area contributed by atoms with E-state index in [1.54, 1.807) is 20.8 Å². The molecule has 7 nitrogen and oxygen atoms in total. The first-order valence-electron chi connectivity index (χ1n) is 5.11. The predicted molar refractivity (Wildman–Crippen MR) is 60.3 cm³/mol. The second kappa shape index (κ2) is 5.83. The second-order valence-electron chi connectivity index (χ2n) is 4.54. The van der Waals surface area contributed by atoms with Crippen LogP contribution in [0.15, 0.2) is 0 Å². The first kappa shape index (κ1) is 15.7. The highest BCUT2D eigenvalue weighted by Gasteiger charge is 2.38. The Morgan fingerprint density at radius 1 is 1.35 bits per heavy atom. The molecule has 0 aromatic heterocycles. The molecule has 0 saturated carbocycles. The van der Waals surface area contributed by atoms with Crippen molar-refractivity contribution < 1.29 is 24.6 Å². The number of nitrogens with zero attached hydrogens (tertiary/aromatic N) is 2. The van der Waals surface area contributed by atoms with E-state index in [1.807, 2.05) is 0 Å². The summed E-state index contributed by atoms with van der Waals surface area (Å²) in [7, 11) is 2.64. The average Bonchev–Trinajstić information content (AvgIpc) is 2.20. The van der Waals surface area contributed by atoms with Crippen molar-refractivity contribution in [1.82, 2.24) is 9.96 Å². The first-order valence-corrected chi connectivity index (χ1v) is 5.11. The lowest BCUT2D eigenvalue weighted by Gasteiger charge is -2.38. The van der Waals surface area contributed by atoms with Crippen LogP contribution in [0.2, 0.25) is 0 Å². The lowest BCUT2D eigenvalue weighted by atomic mass is 10.0. The van der Waals surface area contributed by atoms with Crippen molar-refractivity contribution in [2.45, 2.75) is 32.4 Å². The van der Waals surface area contributed by atoms with Crippen LogP contribution in [0.25, 0.3) is 0 Å². The number of hydrogen-bond acceptors (Lipinski definition) is 4. The van der Waals surface area contributed by atoms with E-state index in [4.69, 9.17) is 9.94 Å². The molecule has 0 fully saturated rings. The number of carbonyl (C=O) groups is 2. The smallest absolute Gasteiger partial charge is 0.408 e. The minimum Gasteiger partial charge on any atom is -0.465 e. The second-order valence-corrected chi connectivity index (χ2v) is 4.54. The molecule has 0 saturated heterocycles. The fraction of sp³-hybridized carbons (Fsp3) is 0.800. The van der Waals surface area contributed by atoms with E-state index in [1.165, 1.54) is 14.2 Å². The molecule has 1 atom stereocenters. The molecule has 0 heterocycles. The van der Waals surface area contributed by atoms with Gasteiger partial charge in [0, 0.05) is 12.6 Å². The van der Waals surface area contributed by atoms with E-state index in [0.717, 1.165) is 9.96 Å². The van der Waals surface area contributed by atoms with Gasteiger partial charge in [-0.05, 0) is 20.8 Å². The van der Waals surface area contributed by atoms with Gasteiger partial charge in [0.05, 0.1) is 13.7 Å². The zero-order valence-electron chi connectivity index (χ0n) is 10.8. The molecule has 17 heavy (non-hydrogen) atoms. The zero-order chi connectivity index (χ0) is 13.8. The maximum absolute atomic E-state index is 11.8. The van der Waals surface area contributed by atoms with Crippen LogP contribution in [-0.4, -0.2) is 64.5 Å². The van der Waals surface area contributed by atoms with Crippen LogP contribution in [0.1, 0.15) is 20.8 Å². The van der Waals surface area contributed by atoms with Crippen LogP contribution in [0.4, 0.5) is 4.79 Å². The Morgan fingerprint density at radius 2 is 1.82 bits per heavy atom. The molecular weight excluding hydrogens is 228 g/mol. The normalized spacial score (nSPS) is 13.1. The van der Waals surface area contributed by atoms with Gasteiger partial charge < -0.3 is 10.2 Å². The van der Waals surface area contributed by atoms with Gasteiger partial charge in [-0.2, -0.15) is 0 Å². The van der Waals surface area contributed by atoms with E-state index in [0.29, 0.717) is 0 Å². The zero-order valence-corrected chi connectivity index (χ0v) is 10.8. The molecule has 0 spiro atoms. The van der Waals surface area contributed by atoms with E-state index < -0.39 is 30.2 Å². The Kier molecular flexibility index (Phi) is 5.37. The highest BCUT2D eigenvalue weighted by molar-refractivity contribution is 5.85. The van der Waals surface area contributed by atoms with Crippen LogP contribution < -0.4 is 0 Å². The first-order chi connectivity index (χ1) is 7.66. The summed E-state index contributed by atoms with van der Waals surface area (Å²) in [6.45, 7) is 4.33. The molecule has 0 aliphatic carbocycles. The van der Waals surface area contributed by atoms with Gasteiger partial charge in [-0.3, -0.25) is 14.5 Å². The standard InChI is InChI=1S/C10H20N2O5/c1-10(2,3)12(9(15)16)7(6-13)8(14)11(4)17-5/h7,13H,6H2,1-5H3,(H,15,16)/t7-/m1/s1. The molecule has 0 unspecified atom stereocenters. The number of aliphatic hydroxyl groups excluding tert-OH is 1. The number of rotatable bonds is 4. The summed E-state index contributed by atoms with van der Waals surface area (Å²) in [5.74, 6) is -0.618. The van der Waals surface area contributed by atoms with Crippen LogP contribution in [0, 0.1) is 0 Å². The van der Waals surface area contributed by atoms with E-state index in [-0.39, 0.29) is 0 Å². The molecule has 2 amide bonds. The van der Waals surface area contributed by atoms with Gasteiger partial charge in [-0.1, -0.05) is 0 Å². The van der Waals surface area contributed by atoms with E-state index in [9.17, 15) is 14.7 Å². The maximum Gasteiger partial charge on any atom is 0.408 e. The molecule has 0 aliphatic heterocycles. The summed E-state index contributed by atoms with van der Waals surface area (Å²) in [4.78, 5) is 28.6. The Hall–Kier alpha value is -1.34. The summed E-state index contributed by atoms with van der Waals surface area (Å²) < 4.78 is 0. The summed E-state index contributed by atoms with van der Waals surface area (Å²) >= 11 is 0. The lowest BCUT2D eigenvalue weighted by Crippen LogP contribution is -2.58. The fourth-order valence-electron chi connectivity index (χ4n) is 1.46. The third-order valence-corrected chi connectivity index (χ3v) is 2.28. The topological polar surface area (TPSA) is 90.3 Å². The van der Waals surface area contributed by atoms with Gasteiger partial charge in [0.25, 0.3) is 5.91 Å². The number of carboxylic acid groups (broad SMARTS) is 1. The quantitative estimate of drug-likeness (QED) is 0.691. The average molecular weight is 248 g/mol. The van der Waals surface area contributed by atoms with Gasteiger partial charge in [0.1, 0.15) is 6.04 Å². The SMILES string of the molecule is CON(C)C(=O)[C@@H](CO)N(C(=O)O)C(C)(C)C. The largest absolute Gasteiger partial charge is 0.465 e. The Bertz CT molecular complexity index is 287. The summed E-state index contributed by atoms with van der Waals surface area (Å²) in [6.07, 6.45) is -1.27. The Morgan fingerprint density at radius 3 is 2.06 bits per heavy atom. The molecular formula is C10H20N2O5. The third kappa shape index (κ3) is 3.86. The van der Waals surface area contributed by atoms with Gasteiger partial charge >= 0.3 is 6.09 Å².